The van der Waals surface area contributed by atoms with Crippen LogP contribution in [0.2, 0.25) is 5.02 Å². The fourth-order valence-electron chi connectivity index (χ4n) is 3.97. The molecule has 1 aliphatic heterocycles. The summed E-state index contributed by atoms with van der Waals surface area (Å²) in [7, 11) is 0. The average Bonchev–Trinajstić information content (AvgIpc) is 2.93. The average molecular weight is 576 g/mol. The second kappa shape index (κ2) is 11.4. The van der Waals surface area contributed by atoms with E-state index in [1.54, 1.807) is 42.6 Å². The van der Waals surface area contributed by atoms with Gasteiger partial charge in [0, 0.05) is 23.6 Å². The van der Waals surface area contributed by atoms with Crippen LogP contribution in [0.5, 0.6) is 28.7 Å². The zero-order chi connectivity index (χ0) is 28.3. The van der Waals surface area contributed by atoms with Gasteiger partial charge in [-0.25, -0.2) is 4.79 Å². The lowest BCUT2D eigenvalue weighted by molar-refractivity contribution is -0.137. The van der Waals surface area contributed by atoms with Crippen LogP contribution in [0.15, 0.2) is 60.8 Å². The summed E-state index contributed by atoms with van der Waals surface area (Å²) in [5, 5.41) is 14.1. The number of urea groups is 1. The van der Waals surface area contributed by atoms with Crippen molar-refractivity contribution in [3.8, 4) is 28.7 Å². The molecular weight excluding hydrogens is 555 g/mol. The highest BCUT2D eigenvalue weighted by molar-refractivity contribution is 6.31. The van der Waals surface area contributed by atoms with Crippen LogP contribution in [0.1, 0.15) is 5.56 Å². The van der Waals surface area contributed by atoms with E-state index in [1.807, 2.05) is 0 Å². The highest BCUT2D eigenvalue weighted by atomic mass is 35.5. The van der Waals surface area contributed by atoms with Crippen LogP contribution in [0.25, 0.3) is 10.9 Å². The fourth-order valence-corrected chi connectivity index (χ4v) is 4.19. The number of hydrogen-bond acceptors (Lipinski definition) is 7. The number of amides is 2. The molecule has 3 N–H and O–H groups in total. The van der Waals surface area contributed by atoms with Gasteiger partial charge in [0.1, 0.15) is 31.3 Å². The zero-order valence-electron chi connectivity index (χ0n) is 20.5. The van der Waals surface area contributed by atoms with Gasteiger partial charge in [-0.2, -0.15) is 13.2 Å². The fraction of sp³-hybridized carbons (Fsp3) is 0.185. The Kier molecular flexibility index (Phi) is 7.71. The molecule has 40 heavy (non-hydrogen) atoms. The minimum Gasteiger partial charge on any atom is -0.487 e. The molecular formula is C27H21ClF3N3O6. The summed E-state index contributed by atoms with van der Waals surface area (Å²) in [4.78, 5) is 16.7. The van der Waals surface area contributed by atoms with Crippen molar-refractivity contribution in [2.75, 3.05) is 37.1 Å². The van der Waals surface area contributed by atoms with Gasteiger partial charge in [-0.3, -0.25) is 4.98 Å². The molecule has 3 aromatic carbocycles. The van der Waals surface area contributed by atoms with Gasteiger partial charge in [0.2, 0.25) is 5.75 Å². The van der Waals surface area contributed by atoms with Crippen LogP contribution in [0, 0.1) is 0 Å². The van der Waals surface area contributed by atoms with Gasteiger partial charge in [0.15, 0.2) is 11.5 Å². The number of ether oxygens (including phenoxy) is 4. The molecule has 0 saturated heterocycles. The Morgan fingerprint density at radius 2 is 1.68 bits per heavy atom. The summed E-state index contributed by atoms with van der Waals surface area (Å²) in [5.41, 5.74) is -0.225. The van der Waals surface area contributed by atoms with Gasteiger partial charge in [0.25, 0.3) is 0 Å². The number of aliphatic hydroxyl groups is 1. The minimum atomic E-state index is -4.66. The number of halogens is 4. The van der Waals surface area contributed by atoms with Crippen molar-refractivity contribution in [2.24, 2.45) is 0 Å². The molecule has 0 spiro atoms. The van der Waals surface area contributed by atoms with Crippen molar-refractivity contribution >= 4 is 39.9 Å². The Bertz CT molecular complexity index is 1550. The molecule has 0 unspecified atom stereocenters. The number of fused-ring (bicyclic) bond motifs is 3. The number of alkyl halides is 3. The molecule has 208 valence electrons. The first kappa shape index (κ1) is 27.2. The van der Waals surface area contributed by atoms with E-state index in [9.17, 15) is 18.0 Å². The number of carbonyl (C=O) groups is 1. The summed E-state index contributed by atoms with van der Waals surface area (Å²) >= 11 is 5.62. The molecule has 1 aromatic heterocycles. The van der Waals surface area contributed by atoms with E-state index in [2.05, 4.69) is 15.6 Å². The second-order valence-electron chi connectivity index (χ2n) is 8.40. The summed E-state index contributed by atoms with van der Waals surface area (Å²) in [6.45, 7) is 0.547. The van der Waals surface area contributed by atoms with E-state index >= 15 is 0 Å². The molecule has 0 bridgehead atoms. The van der Waals surface area contributed by atoms with E-state index in [4.69, 9.17) is 35.7 Å². The second-order valence-corrected chi connectivity index (χ2v) is 8.81. The first-order valence-electron chi connectivity index (χ1n) is 11.9. The molecule has 1 aliphatic rings. The summed E-state index contributed by atoms with van der Waals surface area (Å²) in [6, 6.07) is 12.0. The van der Waals surface area contributed by atoms with Gasteiger partial charge in [0.05, 0.1) is 28.1 Å². The van der Waals surface area contributed by atoms with Crippen LogP contribution in [-0.2, 0) is 6.18 Å². The number of aromatic nitrogens is 1. The van der Waals surface area contributed by atoms with Crippen LogP contribution in [0.4, 0.5) is 29.3 Å². The third-order valence-electron chi connectivity index (χ3n) is 5.66. The van der Waals surface area contributed by atoms with Crippen molar-refractivity contribution in [1.82, 2.24) is 4.98 Å². The highest BCUT2D eigenvalue weighted by Gasteiger charge is 2.33. The molecule has 0 saturated carbocycles. The number of pyridine rings is 1. The number of aliphatic hydroxyl groups excluding tert-OH is 1. The smallest absolute Gasteiger partial charge is 0.417 e. The van der Waals surface area contributed by atoms with E-state index in [0.717, 1.165) is 12.1 Å². The maximum atomic E-state index is 13.1. The van der Waals surface area contributed by atoms with Gasteiger partial charge >= 0.3 is 12.2 Å². The molecule has 0 aliphatic carbocycles. The number of carbonyl (C=O) groups excluding carboxylic acids is 1. The number of nitrogens with zero attached hydrogens (tertiary/aromatic N) is 1. The van der Waals surface area contributed by atoms with Crippen molar-refractivity contribution in [3.05, 3.63) is 71.4 Å². The number of anilines is 2. The van der Waals surface area contributed by atoms with Crippen LogP contribution >= 0.6 is 11.6 Å². The van der Waals surface area contributed by atoms with E-state index in [1.165, 1.54) is 6.07 Å². The van der Waals surface area contributed by atoms with E-state index in [-0.39, 0.29) is 18.9 Å². The van der Waals surface area contributed by atoms with Crippen LogP contribution in [0.3, 0.4) is 0 Å². The molecule has 0 radical (unpaired) electrons. The van der Waals surface area contributed by atoms with E-state index < -0.39 is 22.8 Å². The predicted molar refractivity (Wildman–Crippen MR) is 141 cm³/mol. The molecule has 5 rings (SSSR count). The maximum absolute atomic E-state index is 13.1. The molecule has 2 amide bonds. The molecule has 4 aromatic rings. The third kappa shape index (κ3) is 5.92. The quantitative estimate of drug-likeness (QED) is 0.231. The lowest BCUT2D eigenvalue weighted by Crippen LogP contribution is -2.19. The first-order valence-corrected chi connectivity index (χ1v) is 12.3. The monoisotopic (exact) mass is 575 g/mol. The Morgan fingerprint density at radius 1 is 0.975 bits per heavy atom. The predicted octanol–water partition coefficient (Wildman–Crippen LogP) is 6.49. The number of benzene rings is 3. The molecule has 0 atom stereocenters. The standard InChI is InChI=1S/C27H21ClF3N3O6/c28-19-6-3-16(13-18(19)27(29,30)31)34-26(36)33-15-1-4-17(5-2-15)40-21-7-8-32-20-14-22(37-10-9-35)24-25(23(20)21)39-12-11-38-24/h1-8,13-14,35H,9-12H2,(H2,33,34,36). The first-order chi connectivity index (χ1) is 19.2. The Hall–Kier alpha value is -4.42. The minimum absolute atomic E-state index is 0.0711. The third-order valence-corrected chi connectivity index (χ3v) is 5.99. The molecule has 0 fully saturated rings. The lowest BCUT2D eigenvalue weighted by Gasteiger charge is -2.23. The zero-order valence-corrected chi connectivity index (χ0v) is 21.3. The lowest BCUT2D eigenvalue weighted by atomic mass is 10.1. The molecule has 9 nitrogen and oxygen atoms in total. The topological polar surface area (TPSA) is 111 Å². The van der Waals surface area contributed by atoms with Gasteiger partial charge < -0.3 is 34.7 Å². The highest BCUT2D eigenvalue weighted by Crippen LogP contribution is 2.48. The maximum Gasteiger partial charge on any atom is 0.417 e. The number of hydrogen-bond donors (Lipinski definition) is 3. The SMILES string of the molecule is O=C(Nc1ccc(Oc2ccnc3cc(OCCO)c4c(c23)OCCO4)cc1)Nc1ccc(Cl)c(C(F)(F)F)c1. The largest absolute Gasteiger partial charge is 0.487 e. The van der Waals surface area contributed by atoms with Crippen molar-refractivity contribution in [3.63, 3.8) is 0 Å². The van der Waals surface area contributed by atoms with Gasteiger partial charge in [-0.05, 0) is 48.5 Å². The summed E-state index contributed by atoms with van der Waals surface area (Å²) < 4.78 is 62.6. The number of rotatable bonds is 7. The van der Waals surface area contributed by atoms with Crippen LogP contribution < -0.4 is 29.6 Å². The van der Waals surface area contributed by atoms with Crippen molar-refractivity contribution in [1.29, 1.82) is 0 Å². The van der Waals surface area contributed by atoms with E-state index in [0.29, 0.717) is 58.6 Å². The molecule has 13 heteroatoms. The Labute approximate surface area is 230 Å². The number of nitrogens with one attached hydrogen (secondary N) is 2. The van der Waals surface area contributed by atoms with Crippen molar-refractivity contribution in [2.45, 2.75) is 6.18 Å². The Balaban J connectivity index is 1.32. The summed E-state index contributed by atoms with van der Waals surface area (Å²) in [5.74, 6) is 2.05. The Morgan fingerprint density at radius 3 is 2.40 bits per heavy atom. The van der Waals surface area contributed by atoms with Gasteiger partial charge in [-0.15, -0.1) is 0 Å². The van der Waals surface area contributed by atoms with Crippen molar-refractivity contribution < 1.29 is 42.0 Å². The van der Waals surface area contributed by atoms with Crippen LogP contribution in [-0.4, -0.2) is 42.5 Å². The summed E-state index contributed by atoms with van der Waals surface area (Å²) in [6.07, 6.45) is -3.10. The molecule has 2 heterocycles. The normalized spacial score (nSPS) is 12.6. The van der Waals surface area contributed by atoms with Gasteiger partial charge in [-0.1, -0.05) is 11.6 Å².